The van der Waals surface area contributed by atoms with Crippen molar-refractivity contribution in [3.63, 3.8) is 0 Å². The standard InChI is InChI=1S/C13H16ClNO3/c1-3-8-15(9-16)13(2,12(17)18)10-6-4-5-7-11(10)14/h4-7,9H,3,8H2,1-2H3,(H,17,18). The maximum Gasteiger partial charge on any atom is 0.334 e. The Bertz CT molecular complexity index is 450. The number of carbonyl (C=O) groups is 2. The highest BCUT2D eigenvalue weighted by atomic mass is 35.5. The molecule has 1 N–H and O–H groups in total. The van der Waals surface area contributed by atoms with Gasteiger partial charge in [0.25, 0.3) is 0 Å². The first-order valence-corrected chi connectivity index (χ1v) is 6.06. The SMILES string of the molecule is CCCN(C=O)C(C)(C(=O)O)c1ccccc1Cl. The molecule has 4 nitrogen and oxygen atoms in total. The predicted octanol–water partition coefficient (Wildman–Crippen LogP) is 2.51. The number of nitrogens with zero attached hydrogens (tertiary/aromatic N) is 1. The minimum Gasteiger partial charge on any atom is -0.479 e. The van der Waals surface area contributed by atoms with Crippen LogP contribution in [0.2, 0.25) is 5.02 Å². The van der Waals surface area contributed by atoms with Crippen LogP contribution in [0.1, 0.15) is 25.8 Å². The molecule has 5 heteroatoms. The van der Waals surface area contributed by atoms with E-state index in [1.807, 2.05) is 6.92 Å². The van der Waals surface area contributed by atoms with E-state index < -0.39 is 11.5 Å². The van der Waals surface area contributed by atoms with E-state index in [2.05, 4.69) is 0 Å². The van der Waals surface area contributed by atoms with E-state index in [4.69, 9.17) is 11.6 Å². The van der Waals surface area contributed by atoms with Gasteiger partial charge in [-0.15, -0.1) is 0 Å². The highest BCUT2D eigenvalue weighted by Gasteiger charge is 2.42. The summed E-state index contributed by atoms with van der Waals surface area (Å²) in [5, 5.41) is 9.82. The summed E-state index contributed by atoms with van der Waals surface area (Å²) in [6.07, 6.45) is 1.23. The van der Waals surface area contributed by atoms with Crippen molar-refractivity contribution in [1.29, 1.82) is 0 Å². The number of benzene rings is 1. The third-order valence-corrected chi connectivity index (χ3v) is 3.31. The van der Waals surface area contributed by atoms with E-state index in [0.717, 1.165) is 0 Å². The smallest absolute Gasteiger partial charge is 0.334 e. The maximum absolute atomic E-state index is 11.6. The summed E-state index contributed by atoms with van der Waals surface area (Å²) < 4.78 is 0. The molecule has 0 aliphatic carbocycles. The van der Waals surface area contributed by atoms with E-state index >= 15 is 0 Å². The summed E-state index contributed by atoms with van der Waals surface area (Å²) >= 11 is 6.05. The normalized spacial score (nSPS) is 13.7. The van der Waals surface area contributed by atoms with Crippen LogP contribution in [0.3, 0.4) is 0 Å². The first kappa shape index (κ1) is 14.5. The molecule has 1 rings (SSSR count). The monoisotopic (exact) mass is 269 g/mol. The zero-order valence-electron chi connectivity index (χ0n) is 10.4. The minimum atomic E-state index is -1.45. The first-order chi connectivity index (χ1) is 8.48. The summed E-state index contributed by atoms with van der Waals surface area (Å²) in [6, 6.07) is 6.67. The van der Waals surface area contributed by atoms with Gasteiger partial charge in [0.2, 0.25) is 6.41 Å². The molecule has 0 saturated carbocycles. The number of halogens is 1. The molecular weight excluding hydrogens is 254 g/mol. The zero-order valence-corrected chi connectivity index (χ0v) is 11.1. The molecule has 0 heterocycles. The van der Waals surface area contributed by atoms with Gasteiger partial charge in [0.05, 0.1) is 0 Å². The number of aliphatic carboxylic acids is 1. The number of carboxylic acids is 1. The number of carboxylic acid groups (broad SMARTS) is 1. The largest absolute Gasteiger partial charge is 0.479 e. The summed E-state index contributed by atoms with van der Waals surface area (Å²) in [5.74, 6) is -1.10. The molecule has 0 radical (unpaired) electrons. The number of rotatable bonds is 6. The summed E-state index contributed by atoms with van der Waals surface area (Å²) in [7, 11) is 0. The minimum absolute atomic E-state index is 0.338. The van der Waals surface area contributed by atoms with Crippen molar-refractivity contribution in [3.8, 4) is 0 Å². The average molecular weight is 270 g/mol. The van der Waals surface area contributed by atoms with E-state index in [9.17, 15) is 14.7 Å². The topological polar surface area (TPSA) is 57.6 Å². The van der Waals surface area contributed by atoms with Gasteiger partial charge in [-0.1, -0.05) is 36.7 Å². The molecule has 1 aromatic carbocycles. The van der Waals surface area contributed by atoms with Gasteiger partial charge >= 0.3 is 5.97 Å². The Morgan fingerprint density at radius 2 is 2.11 bits per heavy atom. The lowest BCUT2D eigenvalue weighted by molar-refractivity contribution is -0.154. The van der Waals surface area contributed by atoms with Gasteiger partial charge in [0.15, 0.2) is 5.54 Å². The molecule has 18 heavy (non-hydrogen) atoms. The van der Waals surface area contributed by atoms with E-state index in [0.29, 0.717) is 30.0 Å². The van der Waals surface area contributed by atoms with Crippen LogP contribution in [0.15, 0.2) is 24.3 Å². The van der Waals surface area contributed by atoms with Crippen molar-refractivity contribution < 1.29 is 14.7 Å². The molecule has 0 fully saturated rings. The highest BCUT2D eigenvalue weighted by Crippen LogP contribution is 2.33. The molecule has 1 aromatic rings. The molecule has 0 bridgehead atoms. The molecule has 1 amide bonds. The van der Waals surface area contributed by atoms with E-state index in [1.54, 1.807) is 24.3 Å². The summed E-state index contributed by atoms with van der Waals surface area (Å²) in [6.45, 7) is 3.73. The molecule has 0 aliphatic heterocycles. The summed E-state index contributed by atoms with van der Waals surface area (Å²) in [4.78, 5) is 24.0. The van der Waals surface area contributed by atoms with Crippen molar-refractivity contribution in [2.75, 3.05) is 6.54 Å². The first-order valence-electron chi connectivity index (χ1n) is 5.68. The maximum atomic E-state index is 11.6. The van der Waals surface area contributed by atoms with Crippen LogP contribution in [0, 0.1) is 0 Å². The Morgan fingerprint density at radius 1 is 1.50 bits per heavy atom. The fourth-order valence-corrected chi connectivity index (χ4v) is 2.19. The third-order valence-electron chi connectivity index (χ3n) is 2.98. The lowest BCUT2D eigenvalue weighted by Gasteiger charge is -2.36. The lowest BCUT2D eigenvalue weighted by atomic mass is 9.90. The molecule has 0 saturated heterocycles. The fourth-order valence-electron chi connectivity index (χ4n) is 1.87. The Balaban J connectivity index is 3.35. The number of carbonyl (C=O) groups excluding carboxylic acids is 1. The summed E-state index contributed by atoms with van der Waals surface area (Å²) in [5.41, 5.74) is -1.03. The molecule has 1 unspecified atom stereocenters. The number of amides is 1. The van der Waals surface area contributed by atoms with Gasteiger partial charge in [-0.2, -0.15) is 0 Å². The van der Waals surface area contributed by atoms with Crippen molar-refractivity contribution >= 4 is 24.0 Å². The molecule has 1 atom stereocenters. The van der Waals surface area contributed by atoms with Gasteiger partial charge in [-0.3, -0.25) is 4.79 Å². The molecule has 0 aliphatic rings. The van der Waals surface area contributed by atoms with Crippen LogP contribution in [0.5, 0.6) is 0 Å². The predicted molar refractivity (Wildman–Crippen MR) is 69.5 cm³/mol. The van der Waals surface area contributed by atoms with Crippen molar-refractivity contribution in [2.24, 2.45) is 0 Å². The van der Waals surface area contributed by atoms with Crippen molar-refractivity contribution in [3.05, 3.63) is 34.9 Å². The lowest BCUT2D eigenvalue weighted by Crippen LogP contribution is -2.49. The van der Waals surface area contributed by atoms with Gasteiger partial charge in [-0.25, -0.2) is 4.79 Å². The second-order valence-electron chi connectivity index (χ2n) is 4.16. The van der Waals surface area contributed by atoms with Gasteiger partial charge in [0.1, 0.15) is 0 Å². The molecule has 98 valence electrons. The highest BCUT2D eigenvalue weighted by molar-refractivity contribution is 6.31. The number of hydrogen-bond donors (Lipinski definition) is 1. The van der Waals surface area contributed by atoms with Crippen LogP contribution < -0.4 is 0 Å². The van der Waals surface area contributed by atoms with Crippen molar-refractivity contribution in [2.45, 2.75) is 25.8 Å². The van der Waals surface area contributed by atoms with Crippen molar-refractivity contribution in [1.82, 2.24) is 4.90 Å². The van der Waals surface area contributed by atoms with Crippen LogP contribution in [0.4, 0.5) is 0 Å². The van der Waals surface area contributed by atoms with Crippen LogP contribution >= 0.6 is 11.6 Å². The number of hydrogen-bond acceptors (Lipinski definition) is 2. The van der Waals surface area contributed by atoms with Crippen LogP contribution in [0.25, 0.3) is 0 Å². The Morgan fingerprint density at radius 3 is 2.56 bits per heavy atom. The Kier molecular flexibility index (Phi) is 4.73. The van der Waals surface area contributed by atoms with Gasteiger partial charge in [-0.05, 0) is 19.4 Å². The zero-order chi connectivity index (χ0) is 13.8. The average Bonchev–Trinajstić information content (AvgIpc) is 2.35. The fraction of sp³-hybridized carbons (Fsp3) is 0.385. The molecule has 0 aromatic heterocycles. The van der Waals surface area contributed by atoms with Gasteiger partial charge < -0.3 is 10.0 Å². The Hall–Kier alpha value is -1.55. The third kappa shape index (κ3) is 2.48. The van der Waals surface area contributed by atoms with E-state index in [-0.39, 0.29) is 0 Å². The second kappa shape index (κ2) is 5.87. The van der Waals surface area contributed by atoms with Gasteiger partial charge in [0, 0.05) is 17.1 Å². The van der Waals surface area contributed by atoms with E-state index in [1.165, 1.54) is 11.8 Å². The van der Waals surface area contributed by atoms with Crippen LogP contribution in [-0.4, -0.2) is 28.9 Å². The van der Waals surface area contributed by atoms with Crippen LogP contribution in [-0.2, 0) is 15.1 Å². The Labute approximate surface area is 111 Å². The molecule has 0 spiro atoms. The molecular formula is C13H16ClNO3. The quantitative estimate of drug-likeness (QED) is 0.808. The second-order valence-corrected chi connectivity index (χ2v) is 4.56.